The number of carbonyl (C=O) groups excluding carboxylic acids is 5. The van der Waals surface area contributed by atoms with Crippen LogP contribution >= 0.6 is 0 Å². The van der Waals surface area contributed by atoms with E-state index >= 15 is 0 Å². The van der Waals surface area contributed by atoms with Gasteiger partial charge >= 0.3 is 24.4 Å². The van der Waals surface area contributed by atoms with Gasteiger partial charge in [-0.15, -0.1) is 4.91 Å². The Bertz CT molecular complexity index is 2900. The van der Waals surface area contributed by atoms with Gasteiger partial charge in [-0.1, -0.05) is 0 Å². The summed E-state index contributed by atoms with van der Waals surface area (Å²) >= 11 is 0. The molecule has 0 aromatic heterocycles. The van der Waals surface area contributed by atoms with Crippen molar-refractivity contribution in [2.24, 2.45) is 11.1 Å². The summed E-state index contributed by atoms with van der Waals surface area (Å²) in [7, 11) is 1.25. The van der Waals surface area contributed by atoms with Crippen LogP contribution in [0.5, 0.6) is 0 Å². The number of rotatable bonds is 22. The number of non-ortho nitro benzene ring substituents is 3. The number of nitro benzene ring substituents is 3. The zero-order chi connectivity index (χ0) is 64.3. The van der Waals surface area contributed by atoms with Crippen molar-refractivity contribution >= 4 is 47.3 Å². The SMILES string of the molecule is CN(C(=O)OC(C)(C)C)[C@@H]1[C@@H](O)[C@@H](O[C@@H]2[C@@H](O)[C@H](O[C@H]3OC(CN)=CC[C@H]3NC(=O)OCc3ccc([N+](=O)[O-])cc3)[C@@H](NC(=O)OCc3ccc([N+](=O)[O-])cc3)C[C@H]2NC(=O)[C@@H](O)CCNC(=O)OCc2ccc([N+](=O)[O-])cc2)OC[C@]1(C)O.O=NO. The quantitative estimate of drug-likeness (QED) is 0.0299. The molecule has 0 bridgehead atoms. The molecule has 35 nitrogen and oxygen atoms in total. The lowest BCUT2D eigenvalue weighted by molar-refractivity contribution is -0.385. The summed E-state index contributed by atoms with van der Waals surface area (Å²) in [6.45, 7) is 3.85. The van der Waals surface area contributed by atoms with Crippen molar-refractivity contribution in [3.05, 3.63) is 137 Å². The summed E-state index contributed by atoms with van der Waals surface area (Å²) in [5.74, 6) is -0.971. The normalized spacial score (nSPS) is 24.5. The first-order valence-corrected chi connectivity index (χ1v) is 26.5. The minimum absolute atomic E-state index is 0.0283. The maximum atomic E-state index is 14.0. The molecule has 2 aliphatic heterocycles. The standard InChI is InChI=1S/C52H67N9O23.HNO2/c1-51(2,3)84-50(69)58(5)43-40(64)46(80-27-52(43,4)70)83-41-36(55-44(65)38(62)20-21-54-47(66)77-24-28-6-12-31(13-7-28)59(71)72)22-37(57-49(68)79-26-30-10-16-33(17-11-30)61(75)76)42(39(41)63)82-45-35(19-18-34(23-53)81-45)56-48(67)78-25-29-8-14-32(15-9-29)60(73)74;2-1-3/h6-18,35-43,45-46,62-64,70H,19-27,53H2,1-5H3,(H,54,66)(H,55,65)(H,56,67)(H,57,68);(H,2,3)/t35-,36-,37+,38+,39-,40-,41+,42-,43-,45-,46-,52+;/m1./s1. The maximum Gasteiger partial charge on any atom is 0.410 e. The molecule has 1 saturated heterocycles. The minimum atomic E-state index is -2.07. The van der Waals surface area contributed by atoms with Crippen LogP contribution in [0, 0.1) is 35.3 Å². The fraction of sp³-hybridized carbons (Fsp3) is 0.519. The van der Waals surface area contributed by atoms with E-state index in [4.69, 9.17) is 53.7 Å². The number of ether oxygens (including phenoxy) is 8. The van der Waals surface area contributed by atoms with Gasteiger partial charge in [0.25, 0.3) is 17.1 Å². The summed E-state index contributed by atoms with van der Waals surface area (Å²) in [6, 6.07) is 9.78. The highest BCUT2D eigenvalue weighted by Crippen LogP contribution is 2.35. The van der Waals surface area contributed by atoms with Gasteiger partial charge in [-0.05, 0) is 106 Å². The van der Waals surface area contributed by atoms with Gasteiger partial charge in [0.2, 0.25) is 12.2 Å². The van der Waals surface area contributed by atoms with E-state index in [-0.39, 0.29) is 55.5 Å². The number of likely N-dealkylation sites (N-methyl/N-ethyl adjacent to an activating group) is 1. The molecular formula is C52H68N10O25. The van der Waals surface area contributed by atoms with Crippen molar-refractivity contribution in [1.82, 2.24) is 26.2 Å². The molecule has 12 atom stereocenters. The maximum absolute atomic E-state index is 14.0. The van der Waals surface area contributed by atoms with Crippen molar-refractivity contribution < 1.29 is 102 Å². The lowest BCUT2D eigenvalue weighted by Crippen LogP contribution is -2.70. The van der Waals surface area contributed by atoms with E-state index in [1.807, 2.05) is 0 Å². The Morgan fingerprint density at radius 1 is 0.747 bits per heavy atom. The van der Waals surface area contributed by atoms with E-state index in [2.05, 4.69) is 21.3 Å². The van der Waals surface area contributed by atoms with Gasteiger partial charge in [0.05, 0.1) is 52.1 Å². The Morgan fingerprint density at radius 2 is 1.18 bits per heavy atom. The second kappa shape index (κ2) is 31.4. The van der Waals surface area contributed by atoms with Crippen LogP contribution in [0.15, 0.2) is 90.0 Å². The first-order chi connectivity index (χ1) is 41.0. The first kappa shape index (κ1) is 68.8. The zero-order valence-corrected chi connectivity index (χ0v) is 47.4. The van der Waals surface area contributed by atoms with Crippen molar-refractivity contribution in [3.63, 3.8) is 0 Å². The predicted molar refractivity (Wildman–Crippen MR) is 293 cm³/mol. The molecule has 0 unspecified atom stereocenters. The average Bonchev–Trinajstić information content (AvgIpc) is 1.16. The molecule has 0 radical (unpaired) electrons. The van der Waals surface area contributed by atoms with E-state index in [9.17, 15) is 74.7 Å². The van der Waals surface area contributed by atoms with Crippen molar-refractivity contribution in [3.8, 4) is 0 Å². The van der Waals surface area contributed by atoms with Gasteiger partial charge in [-0.2, -0.15) is 0 Å². The number of benzene rings is 3. The van der Waals surface area contributed by atoms with Crippen LogP contribution in [0.3, 0.4) is 0 Å². The lowest BCUT2D eigenvalue weighted by atomic mass is 9.82. The Morgan fingerprint density at radius 3 is 1.63 bits per heavy atom. The van der Waals surface area contributed by atoms with Crippen LogP contribution in [0.4, 0.5) is 36.2 Å². The molecule has 3 aromatic rings. The van der Waals surface area contributed by atoms with Gasteiger partial charge < -0.3 is 95.4 Å². The predicted octanol–water partition coefficient (Wildman–Crippen LogP) is 2.43. The monoisotopic (exact) mass is 1230 g/mol. The smallest absolute Gasteiger partial charge is 0.410 e. The molecule has 1 aliphatic carbocycles. The molecule has 2 fully saturated rings. The third-order valence-corrected chi connectivity index (χ3v) is 13.3. The fourth-order valence-corrected chi connectivity index (χ4v) is 9.09. The van der Waals surface area contributed by atoms with Crippen LogP contribution in [0.1, 0.15) is 63.6 Å². The highest BCUT2D eigenvalue weighted by molar-refractivity contribution is 5.81. The molecule has 5 amide bonds. The molecule has 6 rings (SSSR count). The summed E-state index contributed by atoms with van der Waals surface area (Å²) < 4.78 is 46.2. The average molecular weight is 1230 g/mol. The van der Waals surface area contributed by atoms with E-state index in [1.165, 1.54) is 98.2 Å². The van der Waals surface area contributed by atoms with E-state index < -0.39 is 150 Å². The van der Waals surface area contributed by atoms with Crippen LogP contribution in [-0.4, -0.2) is 181 Å². The van der Waals surface area contributed by atoms with Crippen molar-refractivity contribution in [1.29, 1.82) is 0 Å². The number of nitrogens with one attached hydrogen (secondary N) is 4. The second-order valence-corrected chi connectivity index (χ2v) is 21.0. The van der Waals surface area contributed by atoms with Gasteiger partial charge in [0.15, 0.2) is 11.6 Å². The van der Waals surface area contributed by atoms with Crippen LogP contribution in [0.2, 0.25) is 0 Å². The second-order valence-electron chi connectivity index (χ2n) is 21.0. The van der Waals surface area contributed by atoms with Crippen LogP contribution in [-0.2, 0) is 62.5 Å². The molecule has 2 heterocycles. The van der Waals surface area contributed by atoms with Gasteiger partial charge in [-0.25, -0.2) is 19.2 Å². The summed E-state index contributed by atoms with van der Waals surface area (Å²) in [5.41, 5.74) is 3.48. The van der Waals surface area contributed by atoms with E-state index in [0.29, 0.717) is 16.7 Å². The largest absolute Gasteiger partial charge is 0.466 e. The number of hydrogen-bond acceptors (Lipinski definition) is 26. The third-order valence-electron chi connectivity index (χ3n) is 13.3. The van der Waals surface area contributed by atoms with Gasteiger partial charge in [0, 0.05) is 50.0 Å². The molecule has 11 N–H and O–H groups in total. The van der Waals surface area contributed by atoms with Gasteiger partial charge in [0.1, 0.15) is 67.3 Å². The minimum Gasteiger partial charge on any atom is -0.466 e. The molecule has 3 aliphatic rings. The van der Waals surface area contributed by atoms with Crippen molar-refractivity contribution in [2.45, 2.75) is 145 Å². The molecular weight excluding hydrogens is 1160 g/mol. The topological polar surface area (TPSA) is 497 Å². The number of aliphatic hydroxyl groups is 4. The molecule has 0 spiro atoms. The third kappa shape index (κ3) is 20.3. The summed E-state index contributed by atoms with van der Waals surface area (Å²) in [5, 5.41) is 98.8. The molecule has 476 valence electrons. The highest BCUT2D eigenvalue weighted by atomic mass is 16.7. The number of alkyl carbamates (subject to hydrolysis) is 3. The number of nitrogens with two attached hydrogens (primary N) is 1. The number of hydrogen-bond donors (Lipinski definition) is 10. The first-order valence-electron chi connectivity index (χ1n) is 26.5. The van der Waals surface area contributed by atoms with E-state index in [1.54, 1.807) is 20.8 Å². The Hall–Kier alpha value is -8.97. The molecule has 1 saturated carbocycles. The zero-order valence-electron chi connectivity index (χ0n) is 47.4. The van der Waals surface area contributed by atoms with E-state index in [0.717, 1.165) is 4.90 Å². The number of aliphatic hydroxyl groups excluding tert-OH is 3. The number of nitrogens with zero attached hydrogens (tertiary/aromatic N) is 5. The Labute approximate surface area is 494 Å². The molecule has 35 heteroatoms. The Kier molecular flexibility index (Phi) is 24.9. The molecule has 87 heavy (non-hydrogen) atoms. The van der Waals surface area contributed by atoms with Crippen molar-refractivity contribution in [2.75, 3.05) is 26.7 Å². The molecule has 3 aromatic carbocycles. The lowest BCUT2D eigenvalue weighted by Gasteiger charge is -2.50. The number of nitro groups is 3. The van der Waals surface area contributed by atoms with Crippen LogP contribution < -0.4 is 27.0 Å². The summed E-state index contributed by atoms with van der Waals surface area (Å²) in [6.07, 6.45) is -16.4. The number of carbonyl (C=O) groups is 5. The Balaban J connectivity index is 0.00000450. The highest BCUT2D eigenvalue weighted by Gasteiger charge is 2.55. The van der Waals surface area contributed by atoms with Gasteiger partial charge in [-0.3, -0.25) is 35.1 Å². The van der Waals surface area contributed by atoms with Crippen LogP contribution in [0.25, 0.3) is 0 Å². The fourth-order valence-electron chi connectivity index (χ4n) is 9.09. The summed E-state index contributed by atoms with van der Waals surface area (Å²) in [4.78, 5) is 108. The number of amides is 5.